The van der Waals surface area contributed by atoms with Crippen molar-refractivity contribution in [3.8, 4) is 5.75 Å². The number of carbonyl (C=O) groups excluding carboxylic acids is 1. The number of rotatable bonds is 5. The SMILES string of the molecule is CCN(CC)c1ccc(NC(=O)Oc2cccc(C(F)(F)F)c2)cc1. The number of carbonyl (C=O) groups is 1. The first-order chi connectivity index (χ1) is 11.8. The van der Waals surface area contributed by atoms with Gasteiger partial charge in [0.15, 0.2) is 0 Å². The number of alkyl halides is 3. The summed E-state index contributed by atoms with van der Waals surface area (Å²) in [7, 11) is 0. The predicted octanol–water partition coefficient (Wildman–Crippen LogP) is 5.16. The molecule has 4 nitrogen and oxygen atoms in total. The maximum absolute atomic E-state index is 12.7. The van der Waals surface area contributed by atoms with E-state index in [0.29, 0.717) is 5.69 Å². The van der Waals surface area contributed by atoms with Gasteiger partial charge >= 0.3 is 12.3 Å². The smallest absolute Gasteiger partial charge is 0.410 e. The highest BCUT2D eigenvalue weighted by Gasteiger charge is 2.30. The van der Waals surface area contributed by atoms with E-state index >= 15 is 0 Å². The van der Waals surface area contributed by atoms with E-state index in [1.54, 1.807) is 12.1 Å². The number of nitrogens with zero attached hydrogens (tertiary/aromatic N) is 1. The van der Waals surface area contributed by atoms with Crippen LogP contribution in [0.25, 0.3) is 0 Å². The first-order valence-electron chi connectivity index (χ1n) is 7.84. The van der Waals surface area contributed by atoms with Crippen LogP contribution >= 0.6 is 0 Å². The predicted molar refractivity (Wildman–Crippen MR) is 91.1 cm³/mol. The van der Waals surface area contributed by atoms with Gasteiger partial charge in [-0.2, -0.15) is 13.2 Å². The highest BCUT2D eigenvalue weighted by Crippen LogP contribution is 2.31. The average molecular weight is 352 g/mol. The van der Waals surface area contributed by atoms with E-state index in [-0.39, 0.29) is 5.75 Å². The zero-order valence-corrected chi connectivity index (χ0v) is 13.9. The fraction of sp³-hybridized carbons (Fsp3) is 0.278. The lowest BCUT2D eigenvalue weighted by molar-refractivity contribution is -0.137. The molecule has 134 valence electrons. The van der Waals surface area contributed by atoms with Crippen LogP contribution in [0.5, 0.6) is 5.75 Å². The van der Waals surface area contributed by atoms with Crippen LogP contribution < -0.4 is 15.0 Å². The van der Waals surface area contributed by atoms with E-state index in [2.05, 4.69) is 10.2 Å². The molecule has 0 aliphatic rings. The van der Waals surface area contributed by atoms with Crippen molar-refractivity contribution >= 4 is 17.5 Å². The average Bonchev–Trinajstić information content (AvgIpc) is 2.57. The zero-order chi connectivity index (χ0) is 18.4. The molecular weight excluding hydrogens is 333 g/mol. The highest BCUT2D eigenvalue weighted by atomic mass is 19.4. The molecule has 0 unspecified atom stereocenters. The molecule has 2 aromatic rings. The molecule has 0 saturated carbocycles. The van der Waals surface area contributed by atoms with Crippen molar-refractivity contribution in [3.63, 3.8) is 0 Å². The van der Waals surface area contributed by atoms with Crippen molar-refractivity contribution in [1.29, 1.82) is 0 Å². The minimum Gasteiger partial charge on any atom is -0.410 e. The fourth-order valence-corrected chi connectivity index (χ4v) is 2.33. The Labute approximate surface area is 144 Å². The monoisotopic (exact) mass is 352 g/mol. The zero-order valence-electron chi connectivity index (χ0n) is 13.9. The number of halogens is 3. The van der Waals surface area contributed by atoms with Gasteiger partial charge in [0, 0.05) is 24.5 Å². The van der Waals surface area contributed by atoms with Gasteiger partial charge in [-0.05, 0) is 56.3 Å². The Bertz CT molecular complexity index is 711. The molecule has 2 aromatic carbocycles. The van der Waals surface area contributed by atoms with Crippen LogP contribution in [0.1, 0.15) is 19.4 Å². The Morgan fingerprint density at radius 3 is 2.28 bits per heavy atom. The lowest BCUT2D eigenvalue weighted by Crippen LogP contribution is -2.21. The lowest BCUT2D eigenvalue weighted by Gasteiger charge is -2.21. The Morgan fingerprint density at radius 2 is 1.72 bits per heavy atom. The summed E-state index contributed by atoms with van der Waals surface area (Å²) < 4.78 is 42.9. The topological polar surface area (TPSA) is 41.6 Å². The third-order valence-corrected chi connectivity index (χ3v) is 3.61. The van der Waals surface area contributed by atoms with Crippen molar-refractivity contribution in [2.75, 3.05) is 23.3 Å². The summed E-state index contributed by atoms with van der Waals surface area (Å²) in [5, 5.41) is 2.49. The molecule has 0 fully saturated rings. The third-order valence-electron chi connectivity index (χ3n) is 3.61. The second-order valence-corrected chi connectivity index (χ2v) is 5.26. The standard InChI is InChI=1S/C18H19F3N2O2/c1-3-23(4-2)15-10-8-14(9-11-15)22-17(24)25-16-7-5-6-13(12-16)18(19,20)21/h5-12H,3-4H2,1-2H3,(H,22,24). The van der Waals surface area contributed by atoms with E-state index in [0.717, 1.165) is 30.9 Å². The summed E-state index contributed by atoms with van der Waals surface area (Å²) in [4.78, 5) is 14.0. The molecule has 0 aromatic heterocycles. The van der Waals surface area contributed by atoms with E-state index in [4.69, 9.17) is 4.74 Å². The normalized spacial score (nSPS) is 11.1. The summed E-state index contributed by atoms with van der Waals surface area (Å²) in [6, 6.07) is 11.3. The number of ether oxygens (including phenoxy) is 1. The summed E-state index contributed by atoms with van der Waals surface area (Å²) in [5.74, 6) is -0.174. The molecular formula is C18H19F3N2O2. The number of benzene rings is 2. The molecule has 0 atom stereocenters. The number of amides is 1. The third kappa shape index (κ3) is 5.14. The van der Waals surface area contributed by atoms with E-state index < -0.39 is 17.8 Å². The molecule has 0 aliphatic carbocycles. The van der Waals surface area contributed by atoms with Crippen LogP contribution in [0, 0.1) is 0 Å². The van der Waals surface area contributed by atoms with Gasteiger partial charge in [0.1, 0.15) is 5.75 Å². The quantitative estimate of drug-likeness (QED) is 0.808. The second kappa shape index (κ2) is 7.92. The summed E-state index contributed by atoms with van der Waals surface area (Å²) in [6.07, 6.45) is -5.34. The lowest BCUT2D eigenvalue weighted by atomic mass is 10.2. The molecule has 0 radical (unpaired) electrons. The summed E-state index contributed by atoms with van der Waals surface area (Å²) >= 11 is 0. The van der Waals surface area contributed by atoms with Gasteiger partial charge in [0.05, 0.1) is 5.56 Å². The fourth-order valence-electron chi connectivity index (χ4n) is 2.33. The number of nitrogens with one attached hydrogen (secondary N) is 1. The van der Waals surface area contributed by atoms with Gasteiger partial charge in [-0.3, -0.25) is 5.32 Å². The Balaban J connectivity index is 2.01. The van der Waals surface area contributed by atoms with Crippen LogP contribution in [0.2, 0.25) is 0 Å². The van der Waals surface area contributed by atoms with Crippen LogP contribution in [0.15, 0.2) is 48.5 Å². The van der Waals surface area contributed by atoms with Gasteiger partial charge in [-0.25, -0.2) is 4.79 Å². The number of hydrogen-bond acceptors (Lipinski definition) is 3. The highest BCUT2D eigenvalue weighted by molar-refractivity contribution is 5.86. The van der Waals surface area contributed by atoms with Crippen LogP contribution in [0.3, 0.4) is 0 Å². The molecule has 7 heteroatoms. The van der Waals surface area contributed by atoms with E-state index in [9.17, 15) is 18.0 Å². The number of anilines is 2. The van der Waals surface area contributed by atoms with Crippen LogP contribution in [-0.4, -0.2) is 19.2 Å². The molecule has 0 saturated heterocycles. The molecule has 1 N–H and O–H groups in total. The maximum atomic E-state index is 12.7. The first-order valence-corrected chi connectivity index (χ1v) is 7.84. The Hall–Kier alpha value is -2.70. The maximum Gasteiger partial charge on any atom is 0.417 e. The van der Waals surface area contributed by atoms with Gasteiger partial charge in [-0.1, -0.05) is 6.07 Å². The van der Waals surface area contributed by atoms with E-state index in [1.807, 2.05) is 26.0 Å². The van der Waals surface area contributed by atoms with Gasteiger partial charge in [0.2, 0.25) is 0 Å². The Kier molecular flexibility index (Phi) is 5.90. The minimum absolute atomic E-state index is 0.174. The van der Waals surface area contributed by atoms with Gasteiger partial charge < -0.3 is 9.64 Å². The molecule has 0 aliphatic heterocycles. The van der Waals surface area contributed by atoms with Crippen molar-refractivity contribution in [2.24, 2.45) is 0 Å². The molecule has 1 amide bonds. The molecule has 0 spiro atoms. The van der Waals surface area contributed by atoms with Gasteiger partial charge in [0.25, 0.3) is 0 Å². The second-order valence-electron chi connectivity index (χ2n) is 5.26. The molecule has 0 heterocycles. The van der Waals surface area contributed by atoms with Crippen LogP contribution in [-0.2, 0) is 6.18 Å². The Morgan fingerprint density at radius 1 is 1.08 bits per heavy atom. The molecule has 25 heavy (non-hydrogen) atoms. The van der Waals surface area contributed by atoms with Gasteiger partial charge in [-0.15, -0.1) is 0 Å². The van der Waals surface area contributed by atoms with Crippen molar-refractivity contribution in [1.82, 2.24) is 0 Å². The summed E-state index contributed by atoms with van der Waals surface area (Å²) in [5.41, 5.74) is 0.635. The first kappa shape index (κ1) is 18.6. The minimum atomic E-state index is -4.49. The largest absolute Gasteiger partial charge is 0.417 e. The van der Waals surface area contributed by atoms with Crippen molar-refractivity contribution in [3.05, 3.63) is 54.1 Å². The van der Waals surface area contributed by atoms with Crippen LogP contribution in [0.4, 0.5) is 29.3 Å². The van der Waals surface area contributed by atoms with Crippen molar-refractivity contribution < 1.29 is 22.7 Å². The summed E-state index contributed by atoms with van der Waals surface area (Å²) in [6.45, 7) is 5.81. The van der Waals surface area contributed by atoms with Crippen molar-refractivity contribution in [2.45, 2.75) is 20.0 Å². The molecule has 0 bridgehead atoms. The number of hydrogen-bond donors (Lipinski definition) is 1. The molecule has 2 rings (SSSR count). The van der Waals surface area contributed by atoms with E-state index in [1.165, 1.54) is 12.1 Å².